The summed E-state index contributed by atoms with van der Waals surface area (Å²) in [6.07, 6.45) is 2.18. The second-order valence-electron chi connectivity index (χ2n) is 9.47. The van der Waals surface area contributed by atoms with Gasteiger partial charge >= 0.3 is 0 Å². The van der Waals surface area contributed by atoms with Crippen LogP contribution in [-0.2, 0) is 16.1 Å². The average Bonchev–Trinajstić information content (AvgIpc) is 3.27. The fourth-order valence-corrected chi connectivity index (χ4v) is 4.87. The third-order valence-corrected chi connectivity index (χ3v) is 6.89. The number of rotatable bonds is 8. The van der Waals surface area contributed by atoms with Crippen LogP contribution < -0.4 is 4.74 Å². The van der Waals surface area contributed by atoms with E-state index < -0.39 is 0 Å². The normalized spacial score (nSPS) is 14.3. The van der Waals surface area contributed by atoms with Crippen molar-refractivity contribution >= 4 is 11.6 Å². The van der Waals surface area contributed by atoms with Crippen molar-refractivity contribution in [3.8, 4) is 28.1 Å². The number of ether oxygens (including phenoxy) is 2. The van der Waals surface area contributed by atoms with Crippen LogP contribution in [0.15, 0.2) is 66.9 Å². The Morgan fingerprint density at radius 2 is 1.70 bits per heavy atom. The van der Waals surface area contributed by atoms with Crippen molar-refractivity contribution in [3.63, 3.8) is 0 Å². The quantitative estimate of drug-likeness (QED) is 0.354. The third-order valence-electron chi connectivity index (χ3n) is 6.89. The maximum atomic E-state index is 12.3. The van der Waals surface area contributed by atoms with Gasteiger partial charge in [0.25, 0.3) is 0 Å². The second kappa shape index (κ2) is 11.2. The zero-order valence-electron chi connectivity index (χ0n) is 21.8. The van der Waals surface area contributed by atoms with E-state index in [4.69, 9.17) is 14.5 Å². The molecule has 0 saturated carbocycles. The van der Waals surface area contributed by atoms with Crippen molar-refractivity contribution in [1.82, 2.24) is 19.2 Å². The standard InChI is InChI=1S/C30H34N4O3/c1-4-37-26-7-5-6-24(18-26)25-12-13-28-31-30(23-10-8-22(2)9-11-23)27(34(28)19-25)20-32-14-16-33(17-15-32)29(35)21-36-3/h5-13,18-19H,4,14-17,20-21H2,1-3H3. The zero-order chi connectivity index (χ0) is 25.8. The summed E-state index contributed by atoms with van der Waals surface area (Å²) in [5.41, 5.74) is 7.62. The van der Waals surface area contributed by atoms with Crippen LogP contribution in [-0.4, -0.2) is 71.6 Å². The predicted molar refractivity (Wildman–Crippen MR) is 146 cm³/mol. The van der Waals surface area contributed by atoms with Crippen molar-refractivity contribution < 1.29 is 14.3 Å². The number of hydrogen-bond donors (Lipinski definition) is 0. The summed E-state index contributed by atoms with van der Waals surface area (Å²) in [4.78, 5) is 21.6. The van der Waals surface area contributed by atoms with E-state index >= 15 is 0 Å². The molecule has 0 aliphatic carbocycles. The molecule has 7 heteroatoms. The number of benzene rings is 2. The summed E-state index contributed by atoms with van der Waals surface area (Å²) < 4.78 is 13.0. The highest BCUT2D eigenvalue weighted by atomic mass is 16.5. The Bertz CT molecular complexity index is 1370. The monoisotopic (exact) mass is 498 g/mol. The van der Waals surface area contributed by atoms with Crippen LogP contribution in [0.3, 0.4) is 0 Å². The molecule has 1 saturated heterocycles. The maximum absolute atomic E-state index is 12.3. The largest absolute Gasteiger partial charge is 0.494 e. The highest BCUT2D eigenvalue weighted by Gasteiger charge is 2.24. The average molecular weight is 499 g/mol. The number of piperazine rings is 1. The van der Waals surface area contributed by atoms with Crippen LogP contribution in [0.5, 0.6) is 5.75 Å². The number of aryl methyl sites for hydroxylation is 1. The summed E-state index contributed by atoms with van der Waals surface area (Å²) in [6.45, 7) is 8.65. The molecule has 1 fully saturated rings. The lowest BCUT2D eigenvalue weighted by atomic mass is 10.1. The van der Waals surface area contributed by atoms with Gasteiger partial charge in [0.05, 0.1) is 18.0 Å². The van der Waals surface area contributed by atoms with Crippen molar-refractivity contribution in [3.05, 3.63) is 78.1 Å². The second-order valence-corrected chi connectivity index (χ2v) is 9.47. The molecule has 5 rings (SSSR count). The van der Waals surface area contributed by atoms with Crippen molar-refractivity contribution in [2.45, 2.75) is 20.4 Å². The number of carbonyl (C=O) groups excluding carboxylic acids is 1. The molecule has 4 aromatic rings. The first-order chi connectivity index (χ1) is 18.1. The first-order valence-corrected chi connectivity index (χ1v) is 12.9. The number of fused-ring (bicyclic) bond motifs is 1. The van der Waals surface area contributed by atoms with Crippen LogP contribution in [0, 0.1) is 6.92 Å². The third kappa shape index (κ3) is 5.53. The first-order valence-electron chi connectivity index (χ1n) is 12.9. The summed E-state index contributed by atoms with van der Waals surface area (Å²) >= 11 is 0. The van der Waals surface area contributed by atoms with E-state index in [2.05, 4.69) is 71.0 Å². The van der Waals surface area contributed by atoms with Crippen LogP contribution in [0.25, 0.3) is 28.0 Å². The lowest BCUT2D eigenvalue weighted by Gasteiger charge is -2.34. The van der Waals surface area contributed by atoms with Gasteiger partial charge in [0.1, 0.15) is 18.0 Å². The van der Waals surface area contributed by atoms with Crippen molar-refractivity contribution in [1.29, 1.82) is 0 Å². The molecule has 2 aromatic carbocycles. The number of hydrogen-bond acceptors (Lipinski definition) is 5. The first kappa shape index (κ1) is 25.0. The van der Waals surface area contributed by atoms with Gasteiger partial charge in [-0.3, -0.25) is 9.69 Å². The van der Waals surface area contributed by atoms with E-state index in [1.54, 1.807) is 7.11 Å². The molecular weight excluding hydrogens is 464 g/mol. The fourth-order valence-electron chi connectivity index (χ4n) is 4.87. The van der Waals surface area contributed by atoms with Crippen LogP contribution in [0.1, 0.15) is 18.2 Å². The molecule has 0 N–H and O–H groups in total. The Labute approximate surface area is 218 Å². The van der Waals surface area contributed by atoms with Gasteiger partial charge < -0.3 is 18.8 Å². The van der Waals surface area contributed by atoms with Crippen molar-refractivity contribution in [2.75, 3.05) is 46.5 Å². The van der Waals surface area contributed by atoms with E-state index in [-0.39, 0.29) is 12.5 Å². The Kier molecular flexibility index (Phi) is 7.53. The molecule has 0 atom stereocenters. The van der Waals surface area contributed by atoms with Gasteiger partial charge in [-0.15, -0.1) is 0 Å². The van der Waals surface area contributed by atoms with Gasteiger partial charge in [-0.1, -0.05) is 42.0 Å². The Balaban J connectivity index is 1.50. The van der Waals surface area contributed by atoms with E-state index in [1.807, 2.05) is 24.0 Å². The highest BCUT2D eigenvalue weighted by Crippen LogP contribution is 2.30. The molecule has 0 bridgehead atoms. The number of carbonyl (C=O) groups is 1. The van der Waals surface area contributed by atoms with Gasteiger partial charge in [-0.25, -0.2) is 4.98 Å². The van der Waals surface area contributed by atoms with Gasteiger partial charge in [-0.2, -0.15) is 0 Å². The van der Waals surface area contributed by atoms with Crippen molar-refractivity contribution in [2.24, 2.45) is 0 Å². The van der Waals surface area contributed by atoms with Gasteiger partial charge in [0.15, 0.2) is 0 Å². The van der Waals surface area contributed by atoms with Gasteiger partial charge in [0.2, 0.25) is 5.91 Å². The minimum absolute atomic E-state index is 0.0521. The van der Waals surface area contributed by atoms with E-state index in [0.29, 0.717) is 19.7 Å². The van der Waals surface area contributed by atoms with E-state index in [1.165, 1.54) is 5.56 Å². The topological polar surface area (TPSA) is 59.3 Å². The van der Waals surface area contributed by atoms with Crippen LogP contribution in [0.4, 0.5) is 0 Å². The molecule has 37 heavy (non-hydrogen) atoms. The minimum Gasteiger partial charge on any atom is -0.494 e. The Morgan fingerprint density at radius 1 is 0.946 bits per heavy atom. The molecule has 0 unspecified atom stereocenters. The maximum Gasteiger partial charge on any atom is 0.248 e. The Morgan fingerprint density at radius 3 is 2.43 bits per heavy atom. The number of pyridine rings is 1. The Hall–Kier alpha value is -3.68. The molecule has 192 valence electrons. The van der Waals surface area contributed by atoms with Crippen LogP contribution >= 0.6 is 0 Å². The number of nitrogens with zero attached hydrogens (tertiary/aromatic N) is 4. The smallest absolute Gasteiger partial charge is 0.248 e. The molecule has 1 aliphatic heterocycles. The number of aromatic nitrogens is 2. The summed E-state index contributed by atoms with van der Waals surface area (Å²) in [5.74, 6) is 0.920. The minimum atomic E-state index is 0.0521. The van der Waals surface area contributed by atoms with Gasteiger partial charge in [-0.05, 0) is 49.2 Å². The molecule has 2 aromatic heterocycles. The number of methoxy groups -OCH3 is 1. The molecule has 1 amide bonds. The van der Waals surface area contributed by atoms with Gasteiger partial charge in [0, 0.05) is 51.6 Å². The fraction of sp³-hybridized carbons (Fsp3) is 0.333. The van der Waals surface area contributed by atoms with E-state index in [0.717, 1.165) is 59.1 Å². The molecule has 3 heterocycles. The lowest BCUT2D eigenvalue weighted by molar-refractivity contribution is -0.136. The number of imidazole rings is 1. The lowest BCUT2D eigenvalue weighted by Crippen LogP contribution is -2.49. The zero-order valence-corrected chi connectivity index (χ0v) is 21.8. The highest BCUT2D eigenvalue weighted by molar-refractivity contribution is 5.77. The number of amides is 1. The SMILES string of the molecule is CCOc1cccc(-c2ccc3nc(-c4ccc(C)cc4)c(CN4CCN(C(=O)COC)CC4)n3c2)c1. The van der Waals surface area contributed by atoms with Crippen LogP contribution in [0.2, 0.25) is 0 Å². The summed E-state index contributed by atoms with van der Waals surface area (Å²) in [5, 5.41) is 0. The predicted octanol–water partition coefficient (Wildman–Crippen LogP) is 4.67. The molecule has 1 aliphatic rings. The molecule has 7 nitrogen and oxygen atoms in total. The summed E-state index contributed by atoms with van der Waals surface area (Å²) in [6, 6.07) is 21.0. The molecule has 0 radical (unpaired) electrons. The summed E-state index contributed by atoms with van der Waals surface area (Å²) in [7, 11) is 1.56. The van der Waals surface area contributed by atoms with E-state index in [9.17, 15) is 4.79 Å². The molecule has 0 spiro atoms. The molecular formula is C30H34N4O3.